The summed E-state index contributed by atoms with van der Waals surface area (Å²) in [6.07, 6.45) is -0.665. The van der Waals surface area contributed by atoms with Crippen LogP contribution in [0.25, 0.3) is 0 Å². The first-order valence-corrected chi connectivity index (χ1v) is 6.87. The van der Waals surface area contributed by atoms with E-state index in [-0.39, 0.29) is 5.75 Å². The van der Waals surface area contributed by atoms with E-state index in [1.807, 2.05) is 27.7 Å². The van der Waals surface area contributed by atoms with Gasteiger partial charge in [0.25, 0.3) is 0 Å². The number of ether oxygens (including phenoxy) is 1. The van der Waals surface area contributed by atoms with Gasteiger partial charge in [-0.3, -0.25) is 0 Å². The van der Waals surface area contributed by atoms with Crippen LogP contribution in [0.5, 0.6) is 11.5 Å². The Morgan fingerprint density at radius 2 is 1.80 bits per heavy atom. The Labute approximate surface area is 120 Å². The van der Waals surface area contributed by atoms with Crippen LogP contribution in [0, 0.1) is 5.41 Å². The quantitative estimate of drug-likeness (QED) is 0.725. The van der Waals surface area contributed by atoms with Crippen LogP contribution in [-0.2, 0) is 0 Å². The summed E-state index contributed by atoms with van der Waals surface area (Å²) < 4.78 is 5.11. The van der Waals surface area contributed by atoms with E-state index in [2.05, 4.69) is 0 Å². The maximum Gasteiger partial charge on any atom is 0.305 e. The first-order chi connectivity index (χ1) is 9.14. The number of hydrogen-bond donors (Lipinski definition) is 3. The molecular weight excluding hydrogens is 255 g/mol. The van der Waals surface area contributed by atoms with Gasteiger partial charge < -0.3 is 20.0 Å². The minimum atomic E-state index is -0.665. The molecule has 1 aromatic carbocycles. The molecule has 2 atom stereocenters. The highest BCUT2D eigenvalue weighted by Gasteiger charge is 2.62. The van der Waals surface area contributed by atoms with Gasteiger partial charge in [-0.2, -0.15) is 0 Å². The van der Waals surface area contributed by atoms with Gasteiger partial charge in [-0.1, -0.05) is 33.8 Å². The van der Waals surface area contributed by atoms with Gasteiger partial charge in [0.15, 0.2) is 11.5 Å². The number of hydrogen-bond acceptors (Lipinski definition) is 4. The van der Waals surface area contributed by atoms with E-state index >= 15 is 0 Å². The fraction of sp³-hybridized carbons (Fsp3) is 0.600. The van der Waals surface area contributed by atoms with Gasteiger partial charge in [0.1, 0.15) is 0 Å². The second-order valence-corrected chi connectivity index (χ2v) is 6.79. The van der Waals surface area contributed by atoms with E-state index in [0.717, 1.165) is 5.56 Å². The molecule has 1 aliphatic heterocycles. The zero-order valence-electron chi connectivity index (χ0n) is 12.7. The molecule has 2 rings (SSSR count). The fourth-order valence-electron chi connectivity index (χ4n) is 3.10. The molecule has 4 nitrogen and oxygen atoms in total. The molecule has 0 bridgehead atoms. The number of aliphatic hydroxyl groups is 1. The van der Waals surface area contributed by atoms with Gasteiger partial charge in [0.05, 0.1) is 13.2 Å². The van der Waals surface area contributed by atoms with Crippen LogP contribution in [0.15, 0.2) is 18.2 Å². The average Bonchev–Trinajstić information content (AvgIpc) is 2.50. The molecule has 110 valence electrons. The number of rotatable bonds is 2. The summed E-state index contributed by atoms with van der Waals surface area (Å²) >= 11 is 0. The first-order valence-electron chi connectivity index (χ1n) is 6.87. The summed E-state index contributed by atoms with van der Waals surface area (Å²) in [5.74, 6) is 0.00987. The van der Waals surface area contributed by atoms with E-state index in [1.165, 1.54) is 13.2 Å². The predicted octanol–water partition coefficient (Wildman–Crippen LogP) is 2.19. The molecule has 5 heteroatoms. The SMILES string of the molecule is COc1cc(C2B(O)C(C)(C)C(C)(C)C2O)ccc1O. The highest BCUT2D eigenvalue weighted by Crippen LogP contribution is 2.61. The summed E-state index contributed by atoms with van der Waals surface area (Å²) in [5.41, 5.74) is 0.362. The number of methoxy groups -OCH3 is 1. The van der Waals surface area contributed by atoms with Gasteiger partial charge in [-0.15, -0.1) is 0 Å². The molecule has 0 radical (unpaired) electrons. The van der Waals surface area contributed by atoms with Crippen molar-refractivity contribution in [3.63, 3.8) is 0 Å². The van der Waals surface area contributed by atoms with Crippen molar-refractivity contribution in [2.45, 2.75) is 44.9 Å². The Balaban J connectivity index is 2.48. The van der Waals surface area contributed by atoms with Crippen LogP contribution in [0.2, 0.25) is 5.31 Å². The van der Waals surface area contributed by atoms with Crippen LogP contribution in [0.3, 0.4) is 0 Å². The molecule has 1 fully saturated rings. The van der Waals surface area contributed by atoms with Crippen molar-refractivity contribution < 1.29 is 20.0 Å². The van der Waals surface area contributed by atoms with E-state index in [9.17, 15) is 15.2 Å². The van der Waals surface area contributed by atoms with Crippen LogP contribution < -0.4 is 4.74 Å². The summed E-state index contributed by atoms with van der Waals surface area (Å²) in [4.78, 5) is 0. The Morgan fingerprint density at radius 3 is 2.25 bits per heavy atom. The van der Waals surface area contributed by atoms with Crippen LogP contribution >= 0.6 is 0 Å². The maximum atomic E-state index is 10.6. The topological polar surface area (TPSA) is 69.9 Å². The third-order valence-corrected chi connectivity index (χ3v) is 5.41. The highest BCUT2D eigenvalue weighted by atomic mass is 16.5. The molecule has 0 spiro atoms. The Bertz CT molecular complexity index is 493. The van der Waals surface area contributed by atoms with Gasteiger partial charge in [-0.05, 0) is 28.4 Å². The molecule has 1 heterocycles. The average molecular weight is 278 g/mol. The van der Waals surface area contributed by atoms with Crippen molar-refractivity contribution in [3.05, 3.63) is 23.8 Å². The van der Waals surface area contributed by atoms with Gasteiger partial charge in [0.2, 0.25) is 0 Å². The lowest BCUT2D eigenvalue weighted by Crippen LogP contribution is -2.34. The number of phenols is 1. The number of phenolic OH excluding ortho intramolecular Hbond substituents is 1. The second-order valence-electron chi connectivity index (χ2n) is 6.79. The molecule has 1 aliphatic rings. The monoisotopic (exact) mass is 278 g/mol. The number of benzene rings is 1. The Kier molecular flexibility index (Phi) is 3.55. The largest absolute Gasteiger partial charge is 0.504 e. The third kappa shape index (κ3) is 1.92. The van der Waals surface area contributed by atoms with E-state index in [0.29, 0.717) is 5.75 Å². The van der Waals surface area contributed by atoms with Gasteiger partial charge in [0, 0.05) is 5.82 Å². The lowest BCUT2D eigenvalue weighted by atomic mass is 9.41. The molecule has 0 aliphatic carbocycles. The summed E-state index contributed by atoms with van der Waals surface area (Å²) in [6.45, 7) is 7.22. The summed E-state index contributed by atoms with van der Waals surface area (Å²) in [5, 5.41) is 30.5. The molecule has 1 aromatic rings. The number of aromatic hydroxyl groups is 1. The van der Waals surface area contributed by atoms with Gasteiger partial charge >= 0.3 is 6.92 Å². The molecule has 0 amide bonds. The molecule has 2 unspecified atom stereocenters. The van der Waals surface area contributed by atoms with Crippen molar-refractivity contribution in [1.82, 2.24) is 0 Å². The van der Waals surface area contributed by atoms with Crippen LogP contribution in [0.1, 0.15) is 39.1 Å². The zero-order chi connectivity index (χ0) is 15.3. The predicted molar refractivity (Wildman–Crippen MR) is 79.2 cm³/mol. The molecule has 20 heavy (non-hydrogen) atoms. The molecular formula is C15H23BO4. The highest BCUT2D eigenvalue weighted by molar-refractivity contribution is 6.57. The van der Waals surface area contributed by atoms with Crippen LogP contribution in [0.4, 0.5) is 0 Å². The maximum absolute atomic E-state index is 10.6. The van der Waals surface area contributed by atoms with Crippen molar-refractivity contribution in [2.24, 2.45) is 5.41 Å². The Morgan fingerprint density at radius 1 is 1.20 bits per heavy atom. The van der Waals surface area contributed by atoms with E-state index in [1.54, 1.807) is 12.1 Å². The molecule has 0 aromatic heterocycles. The lowest BCUT2D eigenvalue weighted by molar-refractivity contribution is 0.0405. The minimum Gasteiger partial charge on any atom is -0.504 e. The zero-order valence-corrected chi connectivity index (χ0v) is 12.7. The molecule has 0 saturated carbocycles. The fourth-order valence-corrected chi connectivity index (χ4v) is 3.10. The standard InChI is InChI=1S/C15H23BO4/c1-14(2)13(18)12(16(19)15(14,3)4)9-6-7-10(17)11(8-9)20-5/h6-8,12-13,17-19H,1-5H3. The summed E-state index contributed by atoms with van der Waals surface area (Å²) in [7, 11) is 1.48. The van der Waals surface area contributed by atoms with Crippen molar-refractivity contribution in [3.8, 4) is 11.5 Å². The van der Waals surface area contributed by atoms with Crippen molar-refractivity contribution in [1.29, 1.82) is 0 Å². The third-order valence-electron chi connectivity index (χ3n) is 5.41. The number of aliphatic hydroxyl groups excluding tert-OH is 1. The molecule has 3 N–H and O–H groups in total. The Hall–Kier alpha value is -1.20. The van der Waals surface area contributed by atoms with Crippen LogP contribution in [-0.4, -0.2) is 35.4 Å². The summed E-state index contributed by atoms with van der Waals surface area (Å²) in [6, 6.07) is 4.95. The van der Waals surface area contributed by atoms with E-state index in [4.69, 9.17) is 4.74 Å². The molecule has 1 saturated heterocycles. The normalized spacial score (nSPS) is 27.6. The lowest BCUT2D eigenvalue weighted by Gasteiger charge is -2.37. The first kappa shape index (κ1) is 15.2. The van der Waals surface area contributed by atoms with Gasteiger partial charge in [-0.25, -0.2) is 0 Å². The second kappa shape index (κ2) is 4.67. The van der Waals surface area contributed by atoms with E-state index < -0.39 is 29.6 Å². The van der Waals surface area contributed by atoms with Crippen molar-refractivity contribution in [2.75, 3.05) is 7.11 Å². The smallest absolute Gasteiger partial charge is 0.305 e. The minimum absolute atomic E-state index is 0.0525. The van der Waals surface area contributed by atoms with Crippen molar-refractivity contribution >= 4 is 6.92 Å².